The Morgan fingerprint density at radius 3 is 2.75 bits per heavy atom. The number of aliphatic carboxylic acids is 1. The van der Waals surface area contributed by atoms with Crippen molar-refractivity contribution < 1.29 is 23.9 Å². The first kappa shape index (κ1) is 26.6. The molecule has 0 amide bonds. The van der Waals surface area contributed by atoms with Crippen LogP contribution in [0.4, 0.5) is 4.39 Å². The highest BCUT2D eigenvalue weighted by Gasteiger charge is 2.51. The Bertz CT molecular complexity index is 1390. The number of piperidine rings is 1. The Balaban J connectivity index is 1.16. The maximum atomic E-state index is 15.0. The van der Waals surface area contributed by atoms with E-state index in [0.717, 1.165) is 61.4 Å². The van der Waals surface area contributed by atoms with Gasteiger partial charge in [0.1, 0.15) is 17.4 Å². The molecule has 2 aromatic rings. The lowest BCUT2D eigenvalue weighted by Crippen LogP contribution is -2.61. The number of nitrogens with zero attached hydrogens (tertiary/aromatic N) is 4. The second-order valence-corrected chi connectivity index (χ2v) is 11.8. The van der Waals surface area contributed by atoms with E-state index in [1.807, 2.05) is 13.0 Å². The van der Waals surface area contributed by atoms with E-state index in [9.17, 15) is 15.2 Å². The lowest BCUT2D eigenvalue weighted by Gasteiger charge is -2.46. The van der Waals surface area contributed by atoms with Crippen LogP contribution in [0.25, 0.3) is 11.1 Å². The lowest BCUT2D eigenvalue weighted by molar-refractivity contribution is -0.143. The number of ether oxygens (including phenoxy) is 1. The number of carboxylic acids is 1. The number of benzene rings is 2. The zero-order valence-electron chi connectivity index (χ0n) is 23.0. The number of hydrogen-bond acceptors (Lipinski definition) is 7. The fraction of sp³-hybridized carbons (Fsp3) is 0.516. The summed E-state index contributed by atoms with van der Waals surface area (Å²) in [6.07, 6.45) is 4.11. The molecule has 0 bridgehead atoms. The van der Waals surface area contributed by atoms with Crippen molar-refractivity contribution in [3.05, 3.63) is 52.8 Å². The molecule has 3 fully saturated rings. The Morgan fingerprint density at radius 2 is 2.08 bits per heavy atom. The van der Waals surface area contributed by atoms with E-state index in [0.29, 0.717) is 48.8 Å². The number of halogens is 1. The van der Waals surface area contributed by atoms with Crippen LogP contribution in [0.1, 0.15) is 68.6 Å². The molecular formula is C31H35FN4O4. The van der Waals surface area contributed by atoms with Crippen LogP contribution in [-0.2, 0) is 16.2 Å². The first-order valence-corrected chi connectivity index (χ1v) is 14.3. The molecule has 2 unspecified atom stereocenters. The number of carbonyl (C=O) groups is 1. The number of oxime groups is 1. The molecular weight excluding hydrogens is 511 g/mol. The van der Waals surface area contributed by atoms with Gasteiger partial charge in [0.15, 0.2) is 5.60 Å². The van der Waals surface area contributed by atoms with Gasteiger partial charge in [-0.3, -0.25) is 9.69 Å². The van der Waals surface area contributed by atoms with Crippen LogP contribution in [-0.4, -0.2) is 64.6 Å². The van der Waals surface area contributed by atoms with E-state index in [4.69, 9.17) is 9.57 Å². The number of rotatable bonds is 7. The molecule has 1 N–H and O–H groups in total. The van der Waals surface area contributed by atoms with Crippen LogP contribution < -0.4 is 4.74 Å². The molecule has 1 spiro atoms. The molecule has 1 saturated carbocycles. The summed E-state index contributed by atoms with van der Waals surface area (Å²) in [5.41, 5.74) is 3.48. The summed E-state index contributed by atoms with van der Waals surface area (Å²) in [4.78, 5) is 21.9. The minimum Gasteiger partial charge on any atom is -0.493 e. The highest BCUT2D eigenvalue weighted by molar-refractivity contribution is 5.85. The highest BCUT2D eigenvalue weighted by atomic mass is 19.1. The first-order valence-electron chi connectivity index (χ1n) is 14.3. The van der Waals surface area contributed by atoms with Gasteiger partial charge >= 0.3 is 5.97 Å². The molecule has 0 aromatic heterocycles. The molecule has 210 valence electrons. The number of likely N-dealkylation sites (tertiary alicyclic amines) is 2. The summed E-state index contributed by atoms with van der Waals surface area (Å²) in [7, 11) is 0. The van der Waals surface area contributed by atoms with Gasteiger partial charge in [-0.1, -0.05) is 11.2 Å². The third-order valence-corrected chi connectivity index (χ3v) is 8.69. The Labute approximate surface area is 234 Å². The van der Waals surface area contributed by atoms with Crippen molar-refractivity contribution >= 4 is 11.8 Å². The molecule has 40 heavy (non-hydrogen) atoms. The summed E-state index contributed by atoms with van der Waals surface area (Å²) in [5.74, 6) is 0.596. The Morgan fingerprint density at radius 1 is 1.27 bits per heavy atom. The molecule has 1 aliphatic carbocycles. The number of carboxylic acid groups (broad SMARTS) is 1. The predicted molar refractivity (Wildman–Crippen MR) is 147 cm³/mol. The molecule has 9 heteroatoms. The average molecular weight is 547 g/mol. The summed E-state index contributed by atoms with van der Waals surface area (Å²) in [5, 5.41) is 23.2. The van der Waals surface area contributed by atoms with Gasteiger partial charge in [0, 0.05) is 43.3 Å². The van der Waals surface area contributed by atoms with Crippen molar-refractivity contribution in [2.45, 2.75) is 70.1 Å². The zero-order chi connectivity index (χ0) is 28.0. The van der Waals surface area contributed by atoms with Gasteiger partial charge in [-0.25, -0.2) is 4.39 Å². The SMILES string of the molecule is CCOc1cc(CN2CC3(CC(N4CCC(C(=O)O)CC4C)=NO3)C2)cc(C2CC2)c1-c1cc(C#N)ccc1F. The van der Waals surface area contributed by atoms with Gasteiger partial charge in [-0.2, -0.15) is 5.26 Å². The quantitative estimate of drug-likeness (QED) is 0.515. The van der Waals surface area contributed by atoms with Gasteiger partial charge in [0.25, 0.3) is 0 Å². The molecule has 2 aromatic carbocycles. The van der Waals surface area contributed by atoms with Gasteiger partial charge < -0.3 is 19.6 Å². The third kappa shape index (κ3) is 5.01. The maximum absolute atomic E-state index is 15.0. The monoisotopic (exact) mass is 546 g/mol. The lowest BCUT2D eigenvalue weighted by atomic mass is 9.87. The minimum absolute atomic E-state index is 0.124. The Kier molecular flexibility index (Phi) is 6.91. The molecule has 2 saturated heterocycles. The maximum Gasteiger partial charge on any atom is 0.306 e. The van der Waals surface area contributed by atoms with Crippen LogP contribution in [0.5, 0.6) is 5.75 Å². The van der Waals surface area contributed by atoms with Gasteiger partial charge in [0.2, 0.25) is 0 Å². The molecule has 2 atom stereocenters. The normalized spacial score (nSPS) is 23.8. The third-order valence-electron chi connectivity index (χ3n) is 8.69. The van der Waals surface area contributed by atoms with Crippen molar-refractivity contribution in [2.75, 3.05) is 26.2 Å². The molecule has 6 rings (SSSR count). The largest absolute Gasteiger partial charge is 0.493 e. The van der Waals surface area contributed by atoms with E-state index in [2.05, 4.69) is 34.0 Å². The second-order valence-electron chi connectivity index (χ2n) is 11.8. The summed E-state index contributed by atoms with van der Waals surface area (Å²) in [6, 6.07) is 10.9. The number of amidine groups is 1. The van der Waals surface area contributed by atoms with Crippen LogP contribution in [0, 0.1) is 23.1 Å². The van der Waals surface area contributed by atoms with Crippen LogP contribution in [0.3, 0.4) is 0 Å². The van der Waals surface area contributed by atoms with Gasteiger partial charge in [-0.05, 0) is 80.8 Å². The molecule has 0 radical (unpaired) electrons. The van der Waals surface area contributed by atoms with E-state index < -0.39 is 5.97 Å². The van der Waals surface area contributed by atoms with Crippen LogP contribution >= 0.6 is 0 Å². The van der Waals surface area contributed by atoms with Crippen molar-refractivity contribution in [1.29, 1.82) is 5.26 Å². The molecule has 3 aliphatic heterocycles. The topological polar surface area (TPSA) is 98.4 Å². The molecule has 4 aliphatic rings. The summed E-state index contributed by atoms with van der Waals surface area (Å²) in [6.45, 7) is 7.37. The predicted octanol–water partition coefficient (Wildman–Crippen LogP) is 5.11. The van der Waals surface area contributed by atoms with Crippen molar-refractivity contribution in [3.8, 4) is 22.9 Å². The van der Waals surface area contributed by atoms with Gasteiger partial charge in [-0.15, -0.1) is 0 Å². The Hall–Kier alpha value is -3.64. The van der Waals surface area contributed by atoms with E-state index in [-0.39, 0.29) is 23.4 Å². The average Bonchev–Trinajstić information content (AvgIpc) is 3.67. The minimum atomic E-state index is -0.714. The van der Waals surface area contributed by atoms with Crippen LogP contribution in [0.2, 0.25) is 0 Å². The zero-order valence-corrected chi connectivity index (χ0v) is 23.0. The summed E-state index contributed by atoms with van der Waals surface area (Å²) >= 11 is 0. The van der Waals surface area contributed by atoms with Gasteiger partial charge in [0.05, 0.1) is 30.6 Å². The van der Waals surface area contributed by atoms with Crippen LogP contribution in [0.15, 0.2) is 35.5 Å². The number of hydrogen-bond donors (Lipinski definition) is 1. The van der Waals surface area contributed by atoms with Crippen molar-refractivity contribution in [1.82, 2.24) is 9.80 Å². The van der Waals surface area contributed by atoms with Crippen molar-refractivity contribution in [3.63, 3.8) is 0 Å². The van der Waals surface area contributed by atoms with E-state index in [1.165, 1.54) is 12.1 Å². The number of nitriles is 1. The standard InChI is InChI=1S/C31H35FN4O4/c1-3-39-27-13-21(12-24(22-5-6-22)29(27)25-11-20(15-33)4-7-26(25)32)16-35-17-31(18-35)14-28(34-40-31)36-9-8-23(30(37)38)10-19(36)2/h4,7,11-13,19,22-23H,3,5-6,8-10,14,16-18H2,1-2H3,(H,37,38). The van der Waals surface area contributed by atoms with E-state index in [1.54, 1.807) is 6.07 Å². The van der Waals surface area contributed by atoms with E-state index >= 15 is 4.39 Å². The second kappa shape index (κ2) is 10.4. The van der Waals surface area contributed by atoms with Crippen molar-refractivity contribution in [2.24, 2.45) is 11.1 Å². The molecule has 3 heterocycles. The fourth-order valence-corrected chi connectivity index (χ4v) is 6.59. The summed E-state index contributed by atoms with van der Waals surface area (Å²) < 4.78 is 21.1. The smallest absolute Gasteiger partial charge is 0.306 e. The fourth-order valence-electron chi connectivity index (χ4n) is 6.59. The first-order chi connectivity index (χ1) is 19.3. The highest BCUT2D eigenvalue weighted by Crippen LogP contribution is 2.49. The molecule has 8 nitrogen and oxygen atoms in total.